The van der Waals surface area contributed by atoms with Gasteiger partial charge in [-0.05, 0) is 31.4 Å². The van der Waals surface area contributed by atoms with Crippen LogP contribution in [0.15, 0.2) is 17.0 Å². The Labute approximate surface area is 127 Å². The summed E-state index contributed by atoms with van der Waals surface area (Å²) in [7, 11) is -4.05. The molecule has 1 aromatic carbocycles. The highest BCUT2D eigenvalue weighted by molar-refractivity contribution is 7.93. The fourth-order valence-electron chi connectivity index (χ4n) is 2.60. The largest absolute Gasteiger partial charge is 0.507 e. The lowest BCUT2D eigenvalue weighted by molar-refractivity contribution is 0.0704. The summed E-state index contributed by atoms with van der Waals surface area (Å²) in [4.78, 5) is -0.417. The van der Waals surface area contributed by atoms with Gasteiger partial charge >= 0.3 is 0 Å². The minimum Gasteiger partial charge on any atom is -0.507 e. The standard InChI is InChI=1S/C13H17ClFNO4S/c14-11-9(16)1-2-10(17)12(11)21(18,19)13(3-6-15)4-7-20-8-5-13/h1-2,17H,3-8,16H2. The quantitative estimate of drug-likeness (QED) is 0.650. The Morgan fingerprint density at radius 1 is 1.38 bits per heavy atom. The first-order chi connectivity index (χ1) is 9.85. The van der Waals surface area contributed by atoms with Crippen molar-refractivity contribution >= 4 is 27.1 Å². The number of nitrogen functional groups attached to an aromatic ring is 1. The van der Waals surface area contributed by atoms with Crippen molar-refractivity contribution in [2.24, 2.45) is 0 Å². The maximum atomic E-state index is 13.0. The number of benzene rings is 1. The minimum atomic E-state index is -4.05. The number of hydrogen-bond acceptors (Lipinski definition) is 5. The smallest absolute Gasteiger partial charge is 0.189 e. The van der Waals surface area contributed by atoms with Gasteiger partial charge in [-0.15, -0.1) is 0 Å². The van der Waals surface area contributed by atoms with Crippen LogP contribution >= 0.6 is 11.6 Å². The molecule has 0 saturated carbocycles. The Balaban J connectivity index is 2.62. The zero-order valence-corrected chi connectivity index (χ0v) is 12.9. The highest BCUT2D eigenvalue weighted by atomic mass is 35.5. The van der Waals surface area contributed by atoms with Gasteiger partial charge in [0.05, 0.1) is 22.1 Å². The number of phenols is 1. The molecule has 1 aliphatic heterocycles. The summed E-state index contributed by atoms with van der Waals surface area (Å²) in [6.45, 7) is -0.334. The Morgan fingerprint density at radius 2 is 2.00 bits per heavy atom. The van der Waals surface area contributed by atoms with E-state index in [1.54, 1.807) is 0 Å². The van der Waals surface area contributed by atoms with Crippen molar-refractivity contribution in [3.8, 4) is 5.75 Å². The van der Waals surface area contributed by atoms with Crippen molar-refractivity contribution in [2.45, 2.75) is 28.9 Å². The van der Waals surface area contributed by atoms with Gasteiger partial charge in [-0.25, -0.2) is 8.42 Å². The number of nitrogens with two attached hydrogens (primary N) is 1. The first-order valence-corrected chi connectivity index (χ1v) is 8.37. The highest BCUT2D eigenvalue weighted by Crippen LogP contribution is 2.44. The third-order valence-corrected chi connectivity index (χ3v) is 7.12. The number of halogens is 2. The van der Waals surface area contributed by atoms with Crippen LogP contribution < -0.4 is 5.73 Å². The molecule has 1 saturated heterocycles. The van der Waals surface area contributed by atoms with Gasteiger partial charge in [-0.2, -0.15) is 0 Å². The molecule has 0 atom stereocenters. The molecule has 8 heteroatoms. The van der Waals surface area contributed by atoms with Crippen molar-refractivity contribution in [1.29, 1.82) is 0 Å². The van der Waals surface area contributed by atoms with Gasteiger partial charge in [0.15, 0.2) is 9.84 Å². The van der Waals surface area contributed by atoms with Gasteiger partial charge in [0, 0.05) is 13.2 Å². The number of anilines is 1. The van der Waals surface area contributed by atoms with Crippen molar-refractivity contribution in [1.82, 2.24) is 0 Å². The molecule has 1 aliphatic rings. The predicted molar refractivity (Wildman–Crippen MR) is 78.1 cm³/mol. The van der Waals surface area contributed by atoms with E-state index in [4.69, 9.17) is 22.1 Å². The zero-order chi connectivity index (χ0) is 15.7. The molecule has 1 fully saturated rings. The van der Waals surface area contributed by atoms with Crippen LogP contribution in [0.1, 0.15) is 19.3 Å². The van der Waals surface area contributed by atoms with Crippen LogP contribution in [0.4, 0.5) is 10.1 Å². The number of alkyl halides is 1. The minimum absolute atomic E-state index is 0.0514. The number of rotatable bonds is 4. The second-order valence-electron chi connectivity index (χ2n) is 5.05. The van der Waals surface area contributed by atoms with E-state index in [2.05, 4.69) is 0 Å². The third-order valence-electron chi connectivity index (χ3n) is 3.90. The molecule has 0 radical (unpaired) electrons. The van der Waals surface area contributed by atoms with E-state index in [0.717, 1.165) is 0 Å². The van der Waals surface area contributed by atoms with Crippen LogP contribution in [0, 0.1) is 0 Å². The van der Waals surface area contributed by atoms with E-state index in [1.807, 2.05) is 0 Å². The van der Waals surface area contributed by atoms with Crippen molar-refractivity contribution < 1.29 is 22.7 Å². The average molecular weight is 338 g/mol. The average Bonchev–Trinajstić information content (AvgIpc) is 2.44. The molecule has 0 bridgehead atoms. The van der Waals surface area contributed by atoms with Crippen LogP contribution in [0.25, 0.3) is 0 Å². The van der Waals surface area contributed by atoms with Crippen molar-refractivity contribution in [2.75, 3.05) is 25.6 Å². The third kappa shape index (κ3) is 2.69. The Morgan fingerprint density at radius 3 is 2.57 bits per heavy atom. The monoisotopic (exact) mass is 337 g/mol. The zero-order valence-electron chi connectivity index (χ0n) is 11.3. The molecular formula is C13H17ClFNO4S. The first-order valence-electron chi connectivity index (χ1n) is 6.51. The van der Waals surface area contributed by atoms with Crippen LogP contribution in [0.5, 0.6) is 5.75 Å². The first kappa shape index (κ1) is 16.3. The highest BCUT2D eigenvalue weighted by Gasteiger charge is 2.47. The maximum Gasteiger partial charge on any atom is 0.189 e. The summed E-state index contributed by atoms with van der Waals surface area (Å²) in [5.74, 6) is -0.473. The van der Waals surface area contributed by atoms with Crippen molar-refractivity contribution in [3.05, 3.63) is 17.2 Å². The van der Waals surface area contributed by atoms with E-state index in [1.165, 1.54) is 12.1 Å². The SMILES string of the molecule is Nc1ccc(O)c(S(=O)(=O)C2(CCF)CCOCC2)c1Cl. The summed E-state index contributed by atoms with van der Waals surface area (Å²) in [6.07, 6.45) is 0.150. The van der Waals surface area contributed by atoms with Crippen LogP contribution in [-0.2, 0) is 14.6 Å². The van der Waals surface area contributed by atoms with Gasteiger partial charge in [0.25, 0.3) is 0 Å². The van der Waals surface area contributed by atoms with Crippen LogP contribution in [0.3, 0.4) is 0 Å². The van der Waals surface area contributed by atoms with Gasteiger partial charge in [0.1, 0.15) is 10.6 Å². The molecule has 0 amide bonds. The number of phenolic OH excluding ortho intramolecular Hbond substituents is 1. The van der Waals surface area contributed by atoms with E-state index in [-0.39, 0.29) is 43.2 Å². The normalized spacial score (nSPS) is 18.6. The summed E-state index contributed by atoms with van der Waals surface area (Å²) in [5.41, 5.74) is 5.68. The van der Waals surface area contributed by atoms with E-state index < -0.39 is 31.9 Å². The number of sulfone groups is 1. The Hall–Kier alpha value is -1.05. The molecule has 3 N–H and O–H groups in total. The topological polar surface area (TPSA) is 89.6 Å². The predicted octanol–water partition coefficient (Wildman–Crippen LogP) is 2.31. The second kappa shape index (κ2) is 5.98. The molecular weight excluding hydrogens is 321 g/mol. The molecule has 1 heterocycles. The maximum absolute atomic E-state index is 13.0. The molecule has 118 valence electrons. The number of hydrogen-bond donors (Lipinski definition) is 2. The molecule has 2 rings (SSSR count). The Kier molecular flexibility index (Phi) is 4.65. The molecule has 0 spiro atoms. The van der Waals surface area contributed by atoms with Crippen molar-refractivity contribution in [3.63, 3.8) is 0 Å². The van der Waals surface area contributed by atoms with Crippen LogP contribution in [-0.4, -0.2) is 38.2 Å². The van der Waals surface area contributed by atoms with Gasteiger partial charge in [-0.3, -0.25) is 4.39 Å². The fraction of sp³-hybridized carbons (Fsp3) is 0.538. The van der Waals surface area contributed by atoms with Gasteiger partial charge in [0.2, 0.25) is 0 Å². The lowest BCUT2D eigenvalue weighted by Crippen LogP contribution is -2.44. The summed E-state index contributed by atoms with van der Waals surface area (Å²) >= 11 is 5.98. The number of ether oxygens (including phenoxy) is 1. The number of aromatic hydroxyl groups is 1. The molecule has 0 unspecified atom stereocenters. The summed E-state index contributed by atoms with van der Waals surface area (Å²) < 4.78 is 42.7. The second-order valence-corrected chi connectivity index (χ2v) is 7.71. The molecule has 5 nitrogen and oxygen atoms in total. The van der Waals surface area contributed by atoms with Gasteiger partial charge < -0.3 is 15.6 Å². The van der Waals surface area contributed by atoms with E-state index in [0.29, 0.717) is 0 Å². The molecule has 0 aromatic heterocycles. The molecule has 0 aliphatic carbocycles. The van der Waals surface area contributed by atoms with Crippen LogP contribution in [0.2, 0.25) is 5.02 Å². The molecule has 21 heavy (non-hydrogen) atoms. The fourth-order valence-corrected chi connectivity index (χ4v) is 5.25. The Bertz CT molecular complexity index is 624. The van der Waals surface area contributed by atoms with E-state index in [9.17, 15) is 17.9 Å². The van der Waals surface area contributed by atoms with Gasteiger partial charge in [-0.1, -0.05) is 11.6 Å². The summed E-state index contributed by atoms with van der Waals surface area (Å²) in [5, 5.41) is 9.70. The lowest BCUT2D eigenvalue weighted by atomic mass is 9.96. The summed E-state index contributed by atoms with van der Waals surface area (Å²) in [6, 6.07) is 2.50. The molecule has 1 aromatic rings. The van der Waals surface area contributed by atoms with E-state index >= 15 is 0 Å². The lowest BCUT2D eigenvalue weighted by Gasteiger charge is -2.36.